The highest BCUT2D eigenvalue weighted by atomic mass is 16.6. The number of carboxylic acid groups (broad SMARTS) is 1. The lowest BCUT2D eigenvalue weighted by Gasteiger charge is -2.01. The Morgan fingerprint density at radius 2 is 1.09 bits per heavy atom. The van der Waals surface area contributed by atoms with Gasteiger partial charge in [-0.25, -0.2) is 24.0 Å². The molecule has 12 heteroatoms. The van der Waals surface area contributed by atoms with E-state index in [1.165, 1.54) is 12.1 Å². The zero-order valence-corrected chi connectivity index (χ0v) is 18.3. The Morgan fingerprint density at radius 1 is 0.657 bits per heavy atom. The smallest absolute Gasteiger partial charge is 0.346 e. The lowest BCUT2D eigenvalue weighted by molar-refractivity contribution is 0.0222. The zero-order chi connectivity index (χ0) is 25.8. The van der Waals surface area contributed by atoms with Crippen LogP contribution in [0.15, 0.2) is 42.5 Å². The summed E-state index contributed by atoms with van der Waals surface area (Å²) in [5.74, 6) is -3.79. The van der Waals surface area contributed by atoms with Crippen molar-refractivity contribution in [2.24, 2.45) is 0 Å². The summed E-state index contributed by atoms with van der Waals surface area (Å²) in [6.45, 7) is 1.73. The summed E-state index contributed by atoms with van der Waals surface area (Å²) in [7, 11) is 0. The molecule has 0 spiro atoms. The number of esters is 4. The summed E-state index contributed by atoms with van der Waals surface area (Å²) in [6.07, 6.45) is 0. The van der Waals surface area contributed by atoms with Crippen molar-refractivity contribution in [3.05, 3.63) is 70.3 Å². The predicted octanol–water partition coefficient (Wildman–Crippen LogP) is 0.697. The average molecular weight is 490 g/mol. The minimum absolute atomic E-state index is 0.00917. The van der Waals surface area contributed by atoms with Gasteiger partial charge in [0.05, 0.1) is 67.5 Å². The third kappa shape index (κ3) is 7.79. The number of benzene rings is 2. The van der Waals surface area contributed by atoms with E-state index in [9.17, 15) is 24.0 Å². The minimum Gasteiger partial charge on any atom is -0.478 e. The van der Waals surface area contributed by atoms with Crippen molar-refractivity contribution in [1.29, 1.82) is 0 Å². The van der Waals surface area contributed by atoms with Crippen LogP contribution in [0.2, 0.25) is 0 Å². The van der Waals surface area contributed by atoms with Gasteiger partial charge < -0.3 is 34.3 Å². The van der Waals surface area contributed by atoms with E-state index in [1.807, 2.05) is 0 Å². The van der Waals surface area contributed by atoms with Crippen molar-refractivity contribution in [1.82, 2.24) is 0 Å². The van der Waals surface area contributed by atoms with Crippen LogP contribution in [0.4, 0.5) is 0 Å². The number of rotatable bonds is 8. The maximum atomic E-state index is 11.0. The van der Waals surface area contributed by atoms with Gasteiger partial charge in [0.15, 0.2) is 0 Å². The molecule has 0 saturated carbocycles. The monoisotopic (exact) mass is 490 g/mol. The number of carbonyl (C=O) groups excluding carboxylic acids is 4. The minimum atomic E-state index is -1.15. The molecule has 2 aliphatic rings. The van der Waals surface area contributed by atoms with Crippen molar-refractivity contribution in [3.8, 4) is 0 Å². The molecule has 35 heavy (non-hydrogen) atoms. The molecule has 0 saturated heterocycles. The summed E-state index contributed by atoms with van der Waals surface area (Å²) in [5.41, 5.74) is 0.792. The van der Waals surface area contributed by atoms with Crippen molar-refractivity contribution in [2.45, 2.75) is 0 Å². The second-order valence-electron chi connectivity index (χ2n) is 6.64. The molecule has 2 aromatic carbocycles. The van der Waals surface area contributed by atoms with E-state index < -0.39 is 29.8 Å². The number of carboxylic acids is 1. The summed E-state index contributed by atoms with van der Waals surface area (Å²) in [4.78, 5) is 54.2. The Hall–Kier alpha value is -3.97. The van der Waals surface area contributed by atoms with Gasteiger partial charge in [-0.15, -0.1) is 0 Å². The SMILES string of the molecule is O=C(O)c1ccc2c(c1)C(=O)OC2=O.O=C1OC(=O)c2ccccc21.OCCOCCOCCO. The first-order valence-corrected chi connectivity index (χ1v) is 10.2. The van der Waals surface area contributed by atoms with Crippen LogP contribution in [-0.2, 0) is 18.9 Å². The lowest BCUT2D eigenvalue weighted by atomic mass is 10.1. The molecule has 12 nitrogen and oxygen atoms in total. The van der Waals surface area contributed by atoms with Gasteiger partial charge in [0.1, 0.15) is 0 Å². The summed E-state index contributed by atoms with van der Waals surface area (Å²) in [6, 6.07) is 10.2. The first-order valence-electron chi connectivity index (χ1n) is 10.2. The fourth-order valence-corrected chi connectivity index (χ4v) is 2.70. The van der Waals surface area contributed by atoms with Gasteiger partial charge in [0, 0.05) is 0 Å². The number of fused-ring (bicyclic) bond motifs is 2. The molecule has 2 heterocycles. The zero-order valence-electron chi connectivity index (χ0n) is 18.3. The number of hydrogen-bond donors (Lipinski definition) is 3. The number of hydrogen-bond acceptors (Lipinski definition) is 11. The van der Waals surface area contributed by atoms with Gasteiger partial charge in [0.2, 0.25) is 0 Å². The second-order valence-corrected chi connectivity index (χ2v) is 6.64. The Morgan fingerprint density at radius 3 is 1.51 bits per heavy atom. The standard InChI is InChI=1S/C9H4O5.C8H4O3.C6H14O4/c10-7(11)4-1-2-5-6(3-4)9(13)14-8(5)12;9-7-5-3-1-2-4-6(5)8(10)11-7;7-1-3-9-5-6-10-4-2-8/h1-3H,(H,10,11);1-4H;7-8H,1-6H2. The van der Waals surface area contributed by atoms with Gasteiger partial charge >= 0.3 is 29.8 Å². The van der Waals surface area contributed by atoms with Gasteiger partial charge in [-0.2, -0.15) is 0 Å². The lowest BCUT2D eigenvalue weighted by Crippen LogP contribution is -2.09. The Bertz CT molecular complexity index is 1050. The van der Waals surface area contributed by atoms with Crippen LogP contribution in [0, 0.1) is 0 Å². The Labute approximate surface area is 198 Å². The Kier molecular flexibility index (Phi) is 10.7. The van der Waals surface area contributed by atoms with E-state index in [-0.39, 0.29) is 29.9 Å². The maximum absolute atomic E-state index is 11.0. The van der Waals surface area contributed by atoms with Crippen LogP contribution in [0.25, 0.3) is 0 Å². The van der Waals surface area contributed by atoms with E-state index in [0.29, 0.717) is 37.6 Å². The van der Waals surface area contributed by atoms with Gasteiger partial charge in [-0.1, -0.05) is 12.1 Å². The average Bonchev–Trinajstić information content (AvgIpc) is 3.31. The highest BCUT2D eigenvalue weighted by Crippen LogP contribution is 2.21. The quantitative estimate of drug-likeness (QED) is 0.268. The molecule has 0 aromatic heterocycles. The van der Waals surface area contributed by atoms with Crippen LogP contribution >= 0.6 is 0 Å². The number of aromatic carboxylic acids is 1. The van der Waals surface area contributed by atoms with Gasteiger partial charge in [-0.05, 0) is 30.3 Å². The molecular formula is C23H22O12. The van der Waals surface area contributed by atoms with E-state index in [4.69, 9.17) is 24.8 Å². The van der Waals surface area contributed by atoms with Crippen molar-refractivity contribution in [3.63, 3.8) is 0 Å². The fraction of sp³-hybridized carbons (Fsp3) is 0.261. The number of cyclic esters (lactones) is 4. The summed E-state index contributed by atoms with van der Waals surface area (Å²) in [5, 5.41) is 25.2. The molecule has 0 aliphatic carbocycles. The molecule has 2 aliphatic heterocycles. The Balaban J connectivity index is 0.000000189. The first-order chi connectivity index (χ1) is 16.8. The molecule has 0 bridgehead atoms. The maximum Gasteiger partial charge on any atom is 0.346 e. The molecular weight excluding hydrogens is 468 g/mol. The normalized spacial score (nSPS) is 13.0. The van der Waals surface area contributed by atoms with E-state index in [2.05, 4.69) is 9.47 Å². The molecule has 4 rings (SSSR count). The highest BCUT2D eigenvalue weighted by molar-refractivity contribution is 6.15. The van der Waals surface area contributed by atoms with E-state index in [0.717, 1.165) is 6.07 Å². The summed E-state index contributed by atoms with van der Waals surface area (Å²) >= 11 is 0. The van der Waals surface area contributed by atoms with E-state index in [1.54, 1.807) is 24.3 Å². The van der Waals surface area contributed by atoms with Crippen LogP contribution in [0.1, 0.15) is 51.8 Å². The van der Waals surface area contributed by atoms with Crippen molar-refractivity contribution < 1.29 is 58.2 Å². The number of aliphatic hydroxyl groups excluding tert-OH is 2. The molecule has 2 aromatic rings. The molecule has 0 atom stereocenters. The second kappa shape index (κ2) is 13.7. The van der Waals surface area contributed by atoms with Crippen LogP contribution in [0.5, 0.6) is 0 Å². The third-order valence-electron chi connectivity index (χ3n) is 4.29. The first kappa shape index (κ1) is 27.3. The third-order valence-corrected chi connectivity index (χ3v) is 4.29. The van der Waals surface area contributed by atoms with Crippen LogP contribution in [-0.4, -0.2) is 84.8 Å². The van der Waals surface area contributed by atoms with E-state index >= 15 is 0 Å². The number of carbonyl (C=O) groups is 5. The molecule has 0 fully saturated rings. The molecule has 3 N–H and O–H groups in total. The molecule has 186 valence electrons. The van der Waals surface area contributed by atoms with Crippen molar-refractivity contribution >= 4 is 29.8 Å². The summed E-state index contributed by atoms with van der Waals surface area (Å²) < 4.78 is 18.4. The van der Waals surface area contributed by atoms with Crippen LogP contribution < -0.4 is 0 Å². The predicted molar refractivity (Wildman–Crippen MR) is 115 cm³/mol. The number of aliphatic hydroxyl groups is 2. The molecule has 0 amide bonds. The van der Waals surface area contributed by atoms with Crippen LogP contribution in [0.3, 0.4) is 0 Å². The van der Waals surface area contributed by atoms with Crippen molar-refractivity contribution in [2.75, 3.05) is 39.6 Å². The fourth-order valence-electron chi connectivity index (χ4n) is 2.70. The van der Waals surface area contributed by atoms with Gasteiger partial charge in [0.25, 0.3) is 0 Å². The molecule has 0 unspecified atom stereocenters. The largest absolute Gasteiger partial charge is 0.478 e. The van der Waals surface area contributed by atoms with Gasteiger partial charge in [-0.3, -0.25) is 0 Å². The highest BCUT2D eigenvalue weighted by Gasteiger charge is 2.30. The number of ether oxygens (including phenoxy) is 4. The molecule has 0 radical (unpaired) electrons. The topological polar surface area (TPSA) is 183 Å².